The van der Waals surface area contributed by atoms with E-state index in [1.54, 1.807) is 48.5 Å². The second-order valence-corrected chi connectivity index (χ2v) is 9.08. The number of hydrogen-bond acceptors (Lipinski definition) is 4. The summed E-state index contributed by atoms with van der Waals surface area (Å²) in [5, 5.41) is 2.22. The Hall–Kier alpha value is -2.98. The first-order valence-corrected chi connectivity index (χ1v) is 11.4. The van der Waals surface area contributed by atoms with Gasteiger partial charge in [-0.2, -0.15) is 0 Å². The van der Waals surface area contributed by atoms with Crippen LogP contribution >= 0.6 is 38.5 Å². The number of nitrogens with one attached hydrogen (secondary N) is 1. The van der Waals surface area contributed by atoms with Crippen LogP contribution in [0.15, 0.2) is 82.8 Å². The fraction of sp³-hybridized carbons (Fsp3) is 0.0417. The molecule has 1 fully saturated rings. The average molecular weight is 603 g/mol. The van der Waals surface area contributed by atoms with Crippen LogP contribution in [0, 0.1) is 3.57 Å². The number of nitrogens with zero attached hydrogens (tertiary/aromatic N) is 1. The van der Waals surface area contributed by atoms with Crippen LogP contribution in [0.3, 0.4) is 0 Å². The highest BCUT2D eigenvalue weighted by molar-refractivity contribution is 14.1. The predicted molar refractivity (Wildman–Crippen MR) is 133 cm³/mol. The molecule has 0 saturated carbocycles. The summed E-state index contributed by atoms with van der Waals surface area (Å²) in [5.41, 5.74) is 1.92. The minimum absolute atomic E-state index is 0.128. The molecule has 4 amide bonds. The van der Waals surface area contributed by atoms with Crippen LogP contribution < -0.4 is 15.0 Å². The van der Waals surface area contributed by atoms with Crippen molar-refractivity contribution in [2.45, 2.75) is 6.61 Å². The molecule has 1 N–H and O–H groups in total. The Labute approximate surface area is 206 Å². The van der Waals surface area contributed by atoms with Crippen molar-refractivity contribution in [3.8, 4) is 5.75 Å². The highest BCUT2D eigenvalue weighted by Gasteiger charge is 2.36. The normalized spacial score (nSPS) is 15.1. The Morgan fingerprint density at radius 3 is 2.38 bits per heavy atom. The van der Waals surface area contributed by atoms with Crippen LogP contribution in [-0.4, -0.2) is 17.8 Å². The zero-order chi connectivity index (χ0) is 22.7. The summed E-state index contributed by atoms with van der Waals surface area (Å²) in [7, 11) is 0. The SMILES string of the molecule is O=C1NC(=O)N(c2cccc(Br)c2)C(=O)/C1=C/c1ccc(OCc2ccc(I)cc2)cc1. The molecular formula is C24H16BrIN2O4. The number of amides is 4. The standard InChI is InChI=1S/C24H16BrIN2O4/c25-17-2-1-3-19(13-17)28-23(30)21(22(29)27-24(28)31)12-15-6-10-20(11-7-15)32-14-16-4-8-18(26)9-5-16/h1-13H,14H2,(H,27,29,31)/b21-12+. The molecule has 1 heterocycles. The number of imide groups is 2. The smallest absolute Gasteiger partial charge is 0.335 e. The van der Waals surface area contributed by atoms with Crippen LogP contribution in [0.2, 0.25) is 0 Å². The van der Waals surface area contributed by atoms with Crippen LogP contribution in [-0.2, 0) is 16.2 Å². The van der Waals surface area contributed by atoms with Crippen LogP contribution in [0.1, 0.15) is 11.1 Å². The maximum absolute atomic E-state index is 12.9. The fourth-order valence-electron chi connectivity index (χ4n) is 3.08. The molecule has 0 radical (unpaired) electrons. The average Bonchev–Trinajstić information content (AvgIpc) is 2.77. The van der Waals surface area contributed by atoms with E-state index in [1.807, 2.05) is 24.3 Å². The molecule has 0 unspecified atom stereocenters. The van der Waals surface area contributed by atoms with Gasteiger partial charge in [-0.25, -0.2) is 9.69 Å². The van der Waals surface area contributed by atoms with Crippen molar-refractivity contribution in [2.24, 2.45) is 0 Å². The number of carbonyl (C=O) groups excluding carboxylic acids is 3. The van der Waals surface area contributed by atoms with Gasteiger partial charge in [0.05, 0.1) is 5.69 Å². The van der Waals surface area contributed by atoms with E-state index in [2.05, 4.69) is 43.8 Å². The first-order valence-electron chi connectivity index (χ1n) is 9.55. The number of rotatable bonds is 5. The molecular weight excluding hydrogens is 587 g/mol. The van der Waals surface area contributed by atoms with Gasteiger partial charge in [0.2, 0.25) is 0 Å². The summed E-state index contributed by atoms with van der Waals surface area (Å²) in [6.45, 7) is 0.432. The number of hydrogen-bond donors (Lipinski definition) is 1. The van der Waals surface area contributed by atoms with Gasteiger partial charge in [-0.3, -0.25) is 14.9 Å². The van der Waals surface area contributed by atoms with Gasteiger partial charge in [0, 0.05) is 8.04 Å². The van der Waals surface area contributed by atoms with Crippen molar-refractivity contribution in [2.75, 3.05) is 4.90 Å². The second-order valence-electron chi connectivity index (χ2n) is 6.92. The minimum Gasteiger partial charge on any atom is -0.489 e. The molecule has 1 saturated heterocycles. The van der Waals surface area contributed by atoms with Gasteiger partial charge in [-0.05, 0) is 82.3 Å². The maximum Gasteiger partial charge on any atom is 0.335 e. The van der Waals surface area contributed by atoms with Gasteiger partial charge in [0.1, 0.15) is 17.9 Å². The largest absolute Gasteiger partial charge is 0.489 e. The van der Waals surface area contributed by atoms with Gasteiger partial charge in [0.25, 0.3) is 11.8 Å². The molecule has 160 valence electrons. The highest BCUT2D eigenvalue weighted by Crippen LogP contribution is 2.25. The molecule has 0 atom stereocenters. The third-order valence-electron chi connectivity index (χ3n) is 4.68. The summed E-state index contributed by atoms with van der Waals surface area (Å²) in [4.78, 5) is 38.5. The molecule has 0 spiro atoms. The molecule has 1 aliphatic heterocycles. The quantitative estimate of drug-likeness (QED) is 0.244. The number of ether oxygens (including phenoxy) is 1. The zero-order valence-electron chi connectivity index (χ0n) is 16.5. The summed E-state index contributed by atoms with van der Waals surface area (Å²) >= 11 is 5.57. The van der Waals surface area contributed by atoms with Gasteiger partial charge in [-0.1, -0.05) is 46.3 Å². The van der Waals surface area contributed by atoms with E-state index in [0.717, 1.165) is 14.0 Å². The predicted octanol–water partition coefficient (Wildman–Crippen LogP) is 5.30. The Morgan fingerprint density at radius 1 is 0.969 bits per heavy atom. The van der Waals surface area contributed by atoms with E-state index in [-0.39, 0.29) is 5.57 Å². The van der Waals surface area contributed by atoms with Crippen LogP contribution in [0.5, 0.6) is 5.75 Å². The van der Waals surface area contributed by atoms with Crippen molar-refractivity contribution in [3.63, 3.8) is 0 Å². The molecule has 6 nitrogen and oxygen atoms in total. The first-order chi connectivity index (χ1) is 15.4. The number of anilines is 1. The first kappa shape index (κ1) is 22.2. The third-order valence-corrected chi connectivity index (χ3v) is 5.89. The topological polar surface area (TPSA) is 75.7 Å². The number of benzene rings is 3. The summed E-state index contributed by atoms with van der Waals surface area (Å²) in [6, 6.07) is 21.0. The lowest BCUT2D eigenvalue weighted by molar-refractivity contribution is -0.122. The van der Waals surface area contributed by atoms with Crippen molar-refractivity contribution in [1.29, 1.82) is 0 Å². The Balaban J connectivity index is 1.51. The lowest BCUT2D eigenvalue weighted by Gasteiger charge is -2.26. The molecule has 8 heteroatoms. The highest BCUT2D eigenvalue weighted by atomic mass is 127. The fourth-order valence-corrected chi connectivity index (χ4v) is 3.83. The van der Waals surface area contributed by atoms with Gasteiger partial charge >= 0.3 is 6.03 Å². The molecule has 1 aliphatic rings. The van der Waals surface area contributed by atoms with Gasteiger partial charge in [-0.15, -0.1) is 0 Å². The Bertz CT molecular complexity index is 1220. The van der Waals surface area contributed by atoms with E-state index in [0.29, 0.717) is 28.1 Å². The number of carbonyl (C=O) groups is 3. The summed E-state index contributed by atoms with van der Waals surface area (Å²) in [6.07, 6.45) is 1.46. The summed E-state index contributed by atoms with van der Waals surface area (Å²) in [5.74, 6) is -0.753. The molecule has 0 aliphatic carbocycles. The van der Waals surface area contributed by atoms with E-state index in [9.17, 15) is 14.4 Å². The van der Waals surface area contributed by atoms with Crippen molar-refractivity contribution < 1.29 is 19.1 Å². The monoisotopic (exact) mass is 602 g/mol. The number of barbiturate groups is 1. The maximum atomic E-state index is 12.9. The van der Waals surface area contributed by atoms with Crippen molar-refractivity contribution in [3.05, 3.63) is 97.5 Å². The lowest BCUT2D eigenvalue weighted by atomic mass is 10.1. The van der Waals surface area contributed by atoms with E-state index in [1.165, 1.54) is 6.08 Å². The lowest BCUT2D eigenvalue weighted by Crippen LogP contribution is -2.54. The number of halogens is 2. The second kappa shape index (κ2) is 9.66. The van der Waals surface area contributed by atoms with Crippen molar-refractivity contribution >= 4 is 68.1 Å². The van der Waals surface area contributed by atoms with E-state index in [4.69, 9.17) is 4.74 Å². The number of urea groups is 1. The Kier molecular flexibility index (Phi) is 6.71. The Morgan fingerprint density at radius 2 is 1.69 bits per heavy atom. The molecule has 3 aromatic rings. The molecule has 4 rings (SSSR count). The van der Waals surface area contributed by atoms with Gasteiger partial charge in [0.15, 0.2) is 0 Å². The minimum atomic E-state index is -0.783. The molecule has 3 aromatic carbocycles. The van der Waals surface area contributed by atoms with E-state index < -0.39 is 17.8 Å². The molecule has 32 heavy (non-hydrogen) atoms. The molecule has 0 aromatic heterocycles. The van der Waals surface area contributed by atoms with Crippen molar-refractivity contribution in [1.82, 2.24) is 5.32 Å². The molecule has 0 bridgehead atoms. The van der Waals surface area contributed by atoms with Crippen LogP contribution in [0.4, 0.5) is 10.5 Å². The van der Waals surface area contributed by atoms with E-state index >= 15 is 0 Å². The summed E-state index contributed by atoms with van der Waals surface area (Å²) < 4.78 is 7.66. The zero-order valence-corrected chi connectivity index (χ0v) is 20.3. The van der Waals surface area contributed by atoms with Crippen LogP contribution in [0.25, 0.3) is 6.08 Å². The van der Waals surface area contributed by atoms with Gasteiger partial charge < -0.3 is 4.74 Å². The third kappa shape index (κ3) is 5.08.